The molecule has 0 fully saturated rings. The van der Waals surface area contributed by atoms with Gasteiger partial charge in [-0.3, -0.25) is 14.5 Å². The Hall–Kier alpha value is -1.30. The Morgan fingerprint density at radius 1 is 1.05 bits per heavy atom. The van der Waals surface area contributed by atoms with Gasteiger partial charge in [0.25, 0.3) is 0 Å². The molecule has 0 bridgehead atoms. The summed E-state index contributed by atoms with van der Waals surface area (Å²) < 4.78 is 0. The molecule has 22 heavy (non-hydrogen) atoms. The van der Waals surface area contributed by atoms with Crippen LogP contribution in [0.1, 0.15) is 13.8 Å². The second-order valence-electron chi connectivity index (χ2n) is 4.94. The van der Waals surface area contributed by atoms with Crippen molar-refractivity contribution in [2.75, 3.05) is 38.5 Å². The van der Waals surface area contributed by atoms with Crippen molar-refractivity contribution in [3.8, 4) is 0 Å². The highest BCUT2D eigenvalue weighted by atomic mass is 35.5. The number of hydrogen-bond donors (Lipinski definition) is 1. The summed E-state index contributed by atoms with van der Waals surface area (Å²) in [5.74, 6) is -0.223. The van der Waals surface area contributed by atoms with E-state index in [0.29, 0.717) is 28.8 Å². The Morgan fingerprint density at radius 2 is 1.59 bits per heavy atom. The molecule has 0 spiro atoms. The van der Waals surface area contributed by atoms with Crippen molar-refractivity contribution in [3.63, 3.8) is 0 Å². The van der Waals surface area contributed by atoms with Crippen LogP contribution in [0.25, 0.3) is 0 Å². The lowest BCUT2D eigenvalue weighted by Gasteiger charge is -2.22. The van der Waals surface area contributed by atoms with Crippen LogP contribution in [0.5, 0.6) is 0 Å². The number of likely N-dealkylation sites (N-methyl/N-ethyl adjacent to an activating group) is 2. The zero-order chi connectivity index (χ0) is 16.7. The predicted octanol–water partition coefficient (Wildman–Crippen LogP) is 2.73. The summed E-state index contributed by atoms with van der Waals surface area (Å²) in [6.45, 7) is 5.49. The molecule has 7 heteroatoms. The molecule has 1 aromatic carbocycles. The number of benzene rings is 1. The first-order valence-electron chi connectivity index (χ1n) is 7.08. The van der Waals surface area contributed by atoms with Gasteiger partial charge in [-0.25, -0.2) is 0 Å². The van der Waals surface area contributed by atoms with Crippen LogP contribution in [0, 0.1) is 0 Å². The molecule has 1 aromatic rings. The molecule has 0 heterocycles. The Labute approximate surface area is 141 Å². The maximum Gasteiger partial charge on any atom is 0.238 e. The van der Waals surface area contributed by atoms with Crippen LogP contribution in [0.15, 0.2) is 18.2 Å². The van der Waals surface area contributed by atoms with Crippen LogP contribution in [-0.2, 0) is 9.59 Å². The number of hydrogen-bond acceptors (Lipinski definition) is 3. The van der Waals surface area contributed by atoms with Gasteiger partial charge in [-0.15, -0.1) is 0 Å². The minimum absolute atomic E-state index is 0.00565. The van der Waals surface area contributed by atoms with E-state index in [1.807, 2.05) is 13.8 Å². The molecule has 0 saturated heterocycles. The fraction of sp³-hybridized carbons (Fsp3) is 0.467. The highest BCUT2D eigenvalue weighted by Gasteiger charge is 2.14. The normalized spacial score (nSPS) is 10.6. The summed E-state index contributed by atoms with van der Waals surface area (Å²) in [5.41, 5.74) is 0.533. The summed E-state index contributed by atoms with van der Waals surface area (Å²) >= 11 is 11.8. The lowest BCUT2D eigenvalue weighted by molar-refractivity contribution is -0.132. The van der Waals surface area contributed by atoms with Crippen LogP contribution in [-0.4, -0.2) is 54.8 Å². The van der Waals surface area contributed by atoms with Gasteiger partial charge in [0.1, 0.15) is 0 Å². The predicted molar refractivity (Wildman–Crippen MR) is 90.5 cm³/mol. The number of carbonyl (C=O) groups is 2. The molecule has 0 aromatic heterocycles. The van der Waals surface area contributed by atoms with E-state index < -0.39 is 0 Å². The molecule has 0 saturated carbocycles. The number of nitrogens with one attached hydrogen (secondary N) is 1. The smallest absolute Gasteiger partial charge is 0.238 e. The fourth-order valence-electron chi connectivity index (χ4n) is 2.03. The largest absolute Gasteiger partial charge is 0.342 e. The molecule has 5 nitrogen and oxygen atoms in total. The highest BCUT2D eigenvalue weighted by Crippen LogP contribution is 2.22. The van der Waals surface area contributed by atoms with Crippen LogP contribution in [0.4, 0.5) is 5.69 Å². The van der Waals surface area contributed by atoms with E-state index in [1.54, 1.807) is 35.0 Å². The van der Waals surface area contributed by atoms with Crippen molar-refractivity contribution in [2.45, 2.75) is 13.8 Å². The van der Waals surface area contributed by atoms with Crippen LogP contribution in [0.2, 0.25) is 10.0 Å². The first-order valence-corrected chi connectivity index (χ1v) is 7.83. The molecular formula is C15H21Cl2N3O2. The van der Waals surface area contributed by atoms with Gasteiger partial charge in [-0.2, -0.15) is 0 Å². The van der Waals surface area contributed by atoms with Crippen LogP contribution >= 0.6 is 23.2 Å². The van der Waals surface area contributed by atoms with E-state index in [2.05, 4.69) is 5.32 Å². The first kappa shape index (κ1) is 18.7. The van der Waals surface area contributed by atoms with Gasteiger partial charge in [-0.1, -0.05) is 23.2 Å². The van der Waals surface area contributed by atoms with Gasteiger partial charge < -0.3 is 10.2 Å². The highest BCUT2D eigenvalue weighted by molar-refractivity contribution is 6.35. The molecule has 0 aliphatic rings. The van der Waals surface area contributed by atoms with Crippen molar-refractivity contribution < 1.29 is 9.59 Å². The Balaban J connectivity index is 2.52. The number of amides is 2. The summed E-state index contributed by atoms with van der Waals surface area (Å²) in [6.07, 6.45) is 0. The van der Waals surface area contributed by atoms with Crippen LogP contribution < -0.4 is 5.32 Å². The van der Waals surface area contributed by atoms with E-state index in [1.165, 1.54) is 0 Å². The molecule has 1 rings (SSSR count). The molecule has 0 aliphatic heterocycles. The van der Waals surface area contributed by atoms with E-state index in [4.69, 9.17) is 23.2 Å². The first-order chi connectivity index (χ1) is 10.3. The van der Waals surface area contributed by atoms with Gasteiger partial charge in [0, 0.05) is 28.8 Å². The third-order valence-corrected chi connectivity index (χ3v) is 3.52. The molecule has 0 unspecified atom stereocenters. The molecule has 0 aliphatic carbocycles. The van der Waals surface area contributed by atoms with E-state index in [-0.39, 0.29) is 24.9 Å². The third kappa shape index (κ3) is 6.22. The second-order valence-corrected chi connectivity index (χ2v) is 5.82. The maximum absolute atomic E-state index is 12.0. The summed E-state index contributed by atoms with van der Waals surface area (Å²) in [6, 6.07) is 4.83. The molecule has 122 valence electrons. The van der Waals surface area contributed by atoms with Gasteiger partial charge in [0.2, 0.25) is 11.8 Å². The minimum Gasteiger partial charge on any atom is -0.342 e. The third-order valence-electron chi connectivity index (χ3n) is 3.08. The van der Waals surface area contributed by atoms with Gasteiger partial charge in [-0.05, 0) is 39.1 Å². The van der Waals surface area contributed by atoms with Crippen molar-refractivity contribution in [2.24, 2.45) is 0 Å². The van der Waals surface area contributed by atoms with E-state index in [0.717, 1.165) is 0 Å². The average Bonchev–Trinajstić information content (AvgIpc) is 2.37. The number of nitrogens with zero attached hydrogens (tertiary/aromatic N) is 2. The molecule has 0 atom stereocenters. The number of halogens is 2. The number of rotatable bonds is 7. The summed E-state index contributed by atoms with van der Waals surface area (Å²) in [4.78, 5) is 27.3. The quantitative estimate of drug-likeness (QED) is 0.826. The molecule has 1 N–H and O–H groups in total. The van der Waals surface area contributed by atoms with E-state index >= 15 is 0 Å². The summed E-state index contributed by atoms with van der Waals surface area (Å²) in [7, 11) is 1.73. The zero-order valence-electron chi connectivity index (χ0n) is 13.0. The lowest BCUT2D eigenvalue weighted by Crippen LogP contribution is -2.41. The van der Waals surface area contributed by atoms with E-state index in [9.17, 15) is 9.59 Å². The summed E-state index contributed by atoms with van der Waals surface area (Å²) in [5, 5.41) is 3.61. The number of carbonyl (C=O) groups excluding carboxylic acids is 2. The average molecular weight is 346 g/mol. The Bertz CT molecular complexity index is 513. The van der Waals surface area contributed by atoms with Crippen molar-refractivity contribution >= 4 is 40.7 Å². The second kappa shape index (κ2) is 8.98. The topological polar surface area (TPSA) is 52.7 Å². The standard InChI is InChI=1S/C15H21Cl2N3O2/c1-4-20(5-2)15(22)10-19(3)9-14(21)18-13-7-11(16)6-12(17)8-13/h6-8H,4-5,9-10H2,1-3H3,(H,18,21). The fourth-order valence-corrected chi connectivity index (χ4v) is 2.56. The van der Waals surface area contributed by atoms with Gasteiger partial charge in [0.15, 0.2) is 0 Å². The van der Waals surface area contributed by atoms with Gasteiger partial charge in [0.05, 0.1) is 13.1 Å². The minimum atomic E-state index is -0.229. The zero-order valence-corrected chi connectivity index (χ0v) is 14.5. The molecule has 0 radical (unpaired) electrons. The number of anilines is 1. The van der Waals surface area contributed by atoms with Gasteiger partial charge >= 0.3 is 0 Å². The lowest BCUT2D eigenvalue weighted by atomic mass is 10.3. The Kier molecular flexibility index (Phi) is 7.65. The Morgan fingerprint density at radius 3 is 2.09 bits per heavy atom. The maximum atomic E-state index is 12.0. The molecular weight excluding hydrogens is 325 g/mol. The molecule has 2 amide bonds. The SMILES string of the molecule is CCN(CC)C(=O)CN(C)CC(=O)Nc1cc(Cl)cc(Cl)c1. The van der Waals surface area contributed by atoms with Crippen molar-refractivity contribution in [1.82, 2.24) is 9.80 Å². The van der Waals surface area contributed by atoms with Crippen molar-refractivity contribution in [1.29, 1.82) is 0 Å². The van der Waals surface area contributed by atoms with Crippen LogP contribution in [0.3, 0.4) is 0 Å². The van der Waals surface area contributed by atoms with Crippen molar-refractivity contribution in [3.05, 3.63) is 28.2 Å². The monoisotopic (exact) mass is 345 g/mol.